The van der Waals surface area contributed by atoms with Crippen LogP contribution < -0.4 is 4.72 Å². The van der Waals surface area contributed by atoms with Gasteiger partial charge in [-0.1, -0.05) is 0 Å². The summed E-state index contributed by atoms with van der Waals surface area (Å²) in [5, 5.41) is 0. The summed E-state index contributed by atoms with van der Waals surface area (Å²) in [5.41, 5.74) is 0.261. The molecule has 0 bridgehead atoms. The van der Waals surface area contributed by atoms with E-state index in [0.29, 0.717) is 4.60 Å². The average molecular weight is 323 g/mol. The second-order valence-electron chi connectivity index (χ2n) is 4.72. The summed E-state index contributed by atoms with van der Waals surface area (Å²) in [7, 11) is 0. The molecule has 6 heteroatoms. The predicted molar refractivity (Wildman–Crippen MR) is 71.3 cm³/mol. The van der Waals surface area contributed by atoms with Gasteiger partial charge in [-0.05, 0) is 55.8 Å². The molecule has 1 rings (SSSR count). The Bertz CT molecular complexity index is 398. The highest BCUT2D eigenvalue weighted by molar-refractivity contribution is 9.10. The Balaban J connectivity index is 2.83. The van der Waals surface area contributed by atoms with Crippen molar-refractivity contribution in [3.05, 3.63) is 28.2 Å². The van der Waals surface area contributed by atoms with E-state index in [0.717, 1.165) is 0 Å². The number of nitrogens with one attached hydrogen (secondary N) is 1. The summed E-state index contributed by atoms with van der Waals surface area (Å²) in [6.45, 7) is 7.30. The predicted octanol–water partition coefficient (Wildman–Crippen LogP) is 3.10. The summed E-state index contributed by atoms with van der Waals surface area (Å²) in [6, 6.07) is 2.46. The van der Waals surface area contributed by atoms with E-state index in [-0.39, 0.29) is 5.69 Å². The van der Waals surface area contributed by atoms with Crippen LogP contribution in [0.25, 0.3) is 0 Å². The molecule has 17 heavy (non-hydrogen) atoms. The van der Waals surface area contributed by atoms with Crippen LogP contribution in [0.3, 0.4) is 0 Å². The van der Waals surface area contributed by atoms with Gasteiger partial charge >= 0.3 is 0 Å². The lowest BCUT2D eigenvalue weighted by molar-refractivity contribution is 0.516. The van der Waals surface area contributed by atoms with Crippen LogP contribution in [-0.2, 0) is 11.4 Å². The number of rotatable bonds is 3. The third-order valence-corrected chi connectivity index (χ3v) is 4.21. The van der Waals surface area contributed by atoms with Crippen molar-refractivity contribution in [3.8, 4) is 0 Å². The summed E-state index contributed by atoms with van der Waals surface area (Å²) in [5.74, 6) is -0.404. The fourth-order valence-electron chi connectivity index (χ4n) is 1.13. The molecule has 0 unspecified atom stereocenters. The van der Waals surface area contributed by atoms with Crippen LogP contribution in [-0.4, -0.2) is 14.3 Å². The van der Waals surface area contributed by atoms with Crippen molar-refractivity contribution < 1.29 is 8.94 Å². The van der Waals surface area contributed by atoms with E-state index in [1.807, 2.05) is 20.8 Å². The number of halogens is 2. The Labute approximate surface area is 113 Å². The first-order chi connectivity index (χ1) is 7.71. The van der Waals surface area contributed by atoms with Crippen molar-refractivity contribution in [2.24, 2.45) is 0 Å². The molecular weight excluding hydrogens is 307 g/mol. The number of nitrogens with zero attached hydrogens (tertiary/aromatic N) is 1. The van der Waals surface area contributed by atoms with Crippen LogP contribution >= 0.6 is 15.9 Å². The van der Waals surface area contributed by atoms with Gasteiger partial charge in [0.1, 0.15) is 15.2 Å². The molecule has 1 heterocycles. The van der Waals surface area contributed by atoms with Crippen LogP contribution in [0.5, 0.6) is 0 Å². The van der Waals surface area contributed by atoms with E-state index in [1.54, 1.807) is 6.92 Å². The summed E-state index contributed by atoms with van der Waals surface area (Å²) >= 11 is 1.93. The molecule has 1 aromatic heterocycles. The van der Waals surface area contributed by atoms with Gasteiger partial charge in [-0.15, -0.1) is 4.72 Å². The van der Waals surface area contributed by atoms with Crippen LogP contribution in [0.2, 0.25) is 0 Å². The molecule has 96 valence electrons. The Kier molecular flexibility index (Phi) is 4.95. The van der Waals surface area contributed by atoms with Crippen molar-refractivity contribution in [2.75, 3.05) is 0 Å². The van der Waals surface area contributed by atoms with Crippen molar-refractivity contribution >= 4 is 27.3 Å². The third kappa shape index (κ3) is 4.21. The van der Waals surface area contributed by atoms with Gasteiger partial charge < -0.3 is 4.55 Å². The topological polar surface area (TPSA) is 48.0 Å². The minimum Gasteiger partial charge on any atom is -0.598 e. The Morgan fingerprint density at radius 2 is 2.06 bits per heavy atom. The smallest absolute Gasteiger partial charge is 0.146 e. The average Bonchev–Trinajstić information content (AvgIpc) is 2.20. The Hall–Kier alpha value is -0.170. The molecule has 0 saturated carbocycles. The van der Waals surface area contributed by atoms with E-state index < -0.39 is 28.0 Å². The third-order valence-electron chi connectivity index (χ3n) is 2.09. The van der Waals surface area contributed by atoms with Gasteiger partial charge in [0.2, 0.25) is 0 Å². The molecule has 0 aliphatic carbocycles. The minimum atomic E-state index is -1.25. The largest absolute Gasteiger partial charge is 0.598 e. The van der Waals surface area contributed by atoms with Gasteiger partial charge in [-0.2, -0.15) is 0 Å². The monoisotopic (exact) mass is 322 g/mol. The van der Waals surface area contributed by atoms with Crippen LogP contribution in [0.1, 0.15) is 39.4 Å². The first-order valence-corrected chi connectivity index (χ1v) is 7.16. The quantitative estimate of drug-likeness (QED) is 0.687. The lowest BCUT2D eigenvalue weighted by atomic mass is 10.2. The fraction of sp³-hybridized carbons (Fsp3) is 0.545. The first-order valence-electron chi connectivity index (χ1n) is 5.22. The second kappa shape index (κ2) is 5.65. The number of aromatic nitrogens is 1. The van der Waals surface area contributed by atoms with Crippen molar-refractivity contribution in [3.63, 3.8) is 0 Å². The van der Waals surface area contributed by atoms with Crippen LogP contribution in [0.4, 0.5) is 4.39 Å². The SMILES string of the molecule is C[C@H](N[S@@+]([O-])C(C)(C)C)c1nc(Br)ccc1F. The normalized spacial score (nSPS) is 15.7. The van der Waals surface area contributed by atoms with Crippen LogP contribution in [0, 0.1) is 5.82 Å². The zero-order chi connectivity index (χ0) is 13.2. The van der Waals surface area contributed by atoms with E-state index in [4.69, 9.17) is 0 Å². The van der Waals surface area contributed by atoms with Gasteiger partial charge in [0.25, 0.3) is 0 Å². The Morgan fingerprint density at radius 1 is 1.47 bits per heavy atom. The molecule has 0 spiro atoms. The van der Waals surface area contributed by atoms with Gasteiger partial charge in [-0.3, -0.25) is 0 Å². The molecule has 0 radical (unpaired) electrons. The van der Waals surface area contributed by atoms with Gasteiger partial charge in [0.15, 0.2) is 0 Å². The molecule has 0 saturated heterocycles. The summed E-state index contributed by atoms with van der Waals surface area (Å²) in [6.07, 6.45) is 0. The zero-order valence-corrected chi connectivity index (χ0v) is 12.7. The molecule has 0 aliphatic heterocycles. The zero-order valence-electron chi connectivity index (χ0n) is 10.3. The van der Waals surface area contributed by atoms with E-state index in [2.05, 4.69) is 25.6 Å². The van der Waals surface area contributed by atoms with Crippen molar-refractivity contribution in [1.82, 2.24) is 9.71 Å². The number of hydrogen-bond acceptors (Lipinski definition) is 3. The second-order valence-corrected chi connectivity index (χ2v) is 7.53. The van der Waals surface area contributed by atoms with Crippen LogP contribution in [0.15, 0.2) is 16.7 Å². The van der Waals surface area contributed by atoms with E-state index in [1.165, 1.54) is 12.1 Å². The van der Waals surface area contributed by atoms with Gasteiger partial charge in [0.05, 0.1) is 11.7 Å². The lowest BCUT2D eigenvalue weighted by Gasteiger charge is -2.26. The van der Waals surface area contributed by atoms with E-state index >= 15 is 0 Å². The molecule has 1 N–H and O–H groups in total. The van der Waals surface area contributed by atoms with Gasteiger partial charge in [0, 0.05) is 11.4 Å². The Morgan fingerprint density at radius 3 is 2.59 bits per heavy atom. The first kappa shape index (κ1) is 14.9. The summed E-state index contributed by atoms with van der Waals surface area (Å²) < 4.78 is 28.4. The molecule has 1 aromatic rings. The highest BCUT2D eigenvalue weighted by Crippen LogP contribution is 2.21. The molecule has 2 atom stereocenters. The standard InChI is InChI=1S/C11H16BrFN2OS/c1-7(15-17(16)11(2,3)4)10-8(13)5-6-9(12)14-10/h5-7,15H,1-4H3/t7-,17-/m0/s1. The van der Waals surface area contributed by atoms with Crippen molar-refractivity contribution in [2.45, 2.75) is 38.5 Å². The highest BCUT2D eigenvalue weighted by atomic mass is 79.9. The molecule has 3 nitrogen and oxygen atoms in total. The van der Waals surface area contributed by atoms with Crippen molar-refractivity contribution in [1.29, 1.82) is 0 Å². The van der Waals surface area contributed by atoms with E-state index in [9.17, 15) is 8.94 Å². The molecule has 0 fully saturated rings. The van der Waals surface area contributed by atoms with Gasteiger partial charge in [-0.25, -0.2) is 9.37 Å². The highest BCUT2D eigenvalue weighted by Gasteiger charge is 2.29. The maximum Gasteiger partial charge on any atom is 0.146 e. The minimum absolute atomic E-state index is 0.261. The fourth-order valence-corrected chi connectivity index (χ4v) is 2.24. The number of hydrogen-bond donors (Lipinski definition) is 1. The summed E-state index contributed by atoms with van der Waals surface area (Å²) in [4.78, 5) is 4.05. The number of pyridine rings is 1. The lowest BCUT2D eigenvalue weighted by Crippen LogP contribution is -2.40. The molecular formula is C11H16BrFN2OS. The molecule has 0 amide bonds. The maximum atomic E-state index is 13.5. The maximum absolute atomic E-state index is 13.5. The molecule has 0 aliphatic rings. The molecule has 0 aromatic carbocycles.